The number of hydrogen-bond donors (Lipinski definition) is 2. The molecule has 1 aromatic heterocycles. The van der Waals surface area contributed by atoms with Crippen molar-refractivity contribution in [2.45, 2.75) is 13.0 Å². The monoisotopic (exact) mass is 403 g/mol. The number of nitrogens with zero attached hydrogens (tertiary/aromatic N) is 3. The molecule has 5 rings (SSSR count). The van der Waals surface area contributed by atoms with Gasteiger partial charge in [-0.25, -0.2) is 0 Å². The lowest BCUT2D eigenvalue weighted by Gasteiger charge is -2.18. The second-order valence-corrected chi connectivity index (χ2v) is 8.16. The number of allylic oxidation sites excluding steroid dienone is 2. The molecular formula is C23H25N5O2. The predicted molar refractivity (Wildman–Crippen MR) is 114 cm³/mol. The van der Waals surface area contributed by atoms with E-state index in [1.165, 1.54) is 4.90 Å². The van der Waals surface area contributed by atoms with Gasteiger partial charge in [-0.05, 0) is 29.7 Å². The quantitative estimate of drug-likeness (QED) is 0.344. The summed E-state index contributed by atoms with van der Waals surface area (Å²) < 4.78 is 0. The van der Waals surface area contributed by atoms with Gasteiger partial charge in [-0.2, -0.15) is 0 Å². The second-order valence-electron chi connectivity index (χ2n) is 8.16. The molecule has 2 bridgehead atoms. The van der Waals surface area contributed by atoms with Crippen LogP contribution in [-0.4, -0.2) is 47.8 Å². The van der Waals surface area contributed by atoms with Gasteiger partial charge in [-0.1, -0.05) is 36.4 Å². The van der Waals surface area contributed by atoms with E-state index in [-0.39, 0.29) is 35.5 Å². The number of pyridine rings is 1. The number of fused-ring (bicyclic) bond motifs is 6. The Morgan fingerprint density at radius 1 is 1.10 bits per heavy atom. The van der Waals surface area contributed by atoms with Crippen molar-refractivity contribution in [3.05, 3.63) is 54.4 Å². The highest BCUT2D eigenvalue weighted by Crippen LogP contribution is 2.52. The molecule has 3 aliphatic rings. The zero-order valence-corrected chi connectivity index (χ0v) is 16.9. The highest BCUT2D eigenvalue weighted by Gasteiger charge is 2.58. The fourth-order valence-electron chi connectivity index (χ4n) is 5.18. The average molecular weight is 403 g/mol. The molecule has 2 N–H and O–H groups in total. The Balaban J connectivity index is 1.16. The number of guanidine groups is 1. The Bertz CT molecular complexity index is 1030. The third-order valence-electron chi connectivity index (χ3n) is 6.59. The standard InChI is InChI=1S/C23H25N5O2/c1-24-23(27-13-18-17-5-3-2-4-14(17)8-9-25-18)26-10-11-28-21(29)19-15-6-7-16(12-15)20(19)22(28)30/h2-9,15-16,19-20H,10-13H2,1H3,(H2,24,26,27). The lowest BCUT2D eigenvalue weighted by atomic mass is 9.85. The molecule has 2 heterocycles. The summed E-state index contributed by atoms with van der Waals surface area (Å²) in [5, 5.41) is 8.72. The van der Waals surface area contributed by atoms with Gasteiger partial charge in [0.25, 0.3) is 0 Å². The van der Waals surface area contributed by atoms with Crippen molar-refractivity contribution in [2.24, 2.45) is 28.7 Å². The lowest BCUT2D eigenvalue weighted by Crippen LogP contribution is -2.43. The van der Waals surface area contributed by atoms with E-state index >= 15 is 0 Å². The van der Waals surface area contributed by atoms with Crippen molar-refractivity contribution in [1.29, 1.82) is 0 Å². The van der Waals surface area contributed by atoms with Gasteiger partial charge >= 0.3 is 0 Å². The zero-order valence-electron chi connectivity index (χ0n) is 16.9. The van der Waals surface area contributed by atoms with Crippen LogP contribution in [0, 0.1) is 23.7 Å². The maximum atomic E-state index is 12.8. The van der Waals surface area contributed by atoms with E-state index < -0.39 is 0 Å². The largest absolute Gasteiger partial charge is 0.355 e. The van der Waals surface area contributed by atoms with Crippen molar-refractivity contribution in [2.75, 3.05) is 20.1 Å². The number of nitrogens with one attached hydrogen (secondary N) is 2. The summed E-state index contributed by atoms with van der Waals surface area (Å²) >= 11 is 0. The third-order valence-corrected chi connectivity index (χ3v) is 6.59. The summed E-state index contributed by atoms with van der Waals surface area (Å²) in [6.45, 7) is 1.35. The zero-order chi connectivity index (χ0) is 20.7. The minimum absolute atomic E-state index is 0.00782. The fourth-order valence-corrected chi connectivity index (χ4v) is 5.18. The van der Waals surface area contributed by atoms with Crippen molar-refractivity contribution in [1.82, 2.24) is 20.5 Å². The van der Waals surface area contributed by atoms with Crippen LogP contribution in [0.25, 0.3) is 10.8 Å². The predicted octanol–water partition coefficient (Wildman–Crippen LogP) is 1.71. The number of likely N-dealkylation sites (tertiary alicyclic amines) is 1. The molecule has 4 unspecified atom stereocenters. The Labute approximate surface area is 175 Å². The fraction of sp³-hybridized carbons (Fsp3) is 0.391. The third kappa shape index (κ3) is 3.05. The Hall–Kier alpha value is -3.22. The average Bonchev–Trinajstić information content (AvgIpc) is 3.45. The topological polar surface area (TPSA) is 86.7 Å². The lowest BCUT2D eigenvalue weighted by molar-refractivity contribution is -0.140. The molecule has 154 valence electrons. The van der Waals surface area contributed by atoms with Gasteiger partial charge in [-0.15, -0.1) is 0 Å². The summed E-state index contributed by atoms with van der Waals surface area (Å²) in [7, 11) is 1.70. The minimum atomic E-state index is -0.137. The van der Waals surface area contributed by atoms with Crippen LogP contribution >= 0.6 is 0 Å². The van der Waals surface area contributed by atoms with E-state index in [9.17, 15) is 9.59 Å². The van der Waals surface area contributed by atoms with Gasteiger partial charge in [0, 0.05) is 31.7 Å². The van der Waals surface area contributed by atoms with Gasteiger partial charge in [-0.3, -0.25) is 24.5 Å². The number of imide groups is 1. The van der Waals surface area contributed by atoms with Gasteiger partial charge in [0.1, 0.15) is 0 Å². The molecule has 30 heavy (non-hydrogen) atoms. The molecule has 1 aromatic carbocycles. The van der Waals surface area contributed by atoms with Gasteiger partial charge in [0.05, 0.1) is 24.1 Å². The Morgan fingerprint density at radius 3 is 2.57 bits per heavy atom. The van der Waals surface area contributed by atoms with E-state index in [1.807, 2.05) is 18.2 Å². The second kappa shape index (κ2) is 7.55. The first-order valence-corrected chi connectivity index (χ1v) is 10.5. The van der Waals surface area contributed by atoms with Crippen LogP contribution in [0.2, 0.25) is 0 Å². The highest BCUT2D eigenvalue weighted by atomic mass is 16.2. The molecule has 1 saturated carbocycles. The summed E-state index contributed by atoms with van der Waals surface area (Å²) in [6.07, 6.45) is 6.99. The minimum Gasteiger partial charge on any atom is -0.355 e. The molecule has 7 heteroatoms. The number of rotatable bonds is 5. The van der Waals surface area contributed by atoms with Gasteiger partial charge < -0.3 is 10.6 Å². The highest BCUT2D eigenvalue weighted by molar-refractivity contribution is 6.06. The first-order chi connectivity index (χ1) is 14.7. The molecule has 2 aliphatic carbocycles. The summed E-state index contributed by atoms with van der Waals surface area (Å²) in [4.78, 5) is 35.7. The van der Waals surface area contributed by atoms with Crippen LogP contribution in [0.3, 0.4) is 0 Å². The van der Waals surface area contributed by atoms with Crippen LogP contribution in [0.1, 0.15) is 12.1 Å². The number of carbonyl (C=O) groups is 2. The van der Waals surface area contributed by atoms with Crippen molar-refractivity contribution < 1.29 is 9.59 Å². The molecule has 1 saturated heterocycles. The molecule has 7 nitrogen and oxygen atoms in total. The molecule has 4 atom stereocenters. The van der Waals surface area contributed by atoms with Crippen LogP contribution in [0.5, 0.6) is 0 Å². The number of hydrogen-bond acceptors (Lipinski definition) is 4. The number of carbonyl (C=O) groups excluding carboxylic acids is 2. The number of aliphatic imine (C=N–C) groups is 1. The van der Waals surface area contributed by atoms with Crippen LogP contribution in [0.4, 0.5) is 0 Å². The molecule has 1 aliphatic heterocycles. The molecule has 0 radical (unpaired) electrons. The van der Waals surface area contributed by atoms with Crippen molar-refractivity contribution in [3.63, 3.8) is 0 Å². The number of aromatic nitrogens is 1. The van der Waals surface area contributed by atoms with Crippen LogP contribution in [-0.2, 0) is 16.1 Å². The summed E-state index contributed by atoms with van der Waals surface area (Å²) in [5.74, 6) is 0.822. The maximum Gasteiger partial charge on any atom is 0.233 e. The first kappa shape index (κ1) is 18.8. The Kier molecular flexibility index (Phi) is 4.73. The number of amides is 2. The SMILES string of the molecule is CN=C(NCCN1C(=O)C2C3C=CC(C3)C2C1=O)NCc1nccc2ccccc12. The Morgan fingerprint density at radius 2 is 1.83 bits per heavy atom. The van der Waals surface area contributed by atoms with E-state index in [0.717, 1.165) is 22.9 Å². The van der Waals surface area contributed by atoms with Crippen molar-refractivity contribution >= 4 is 28.5 Å². The van der Waals surface area contributed by atoms with E-state index in [1.54, 1.807) is 13.2 Å². The van der Waals surface area contributed by atoms with Gasteiger partial charge in [0.15, 0.2) is 5.96 Å². The first-order valence-electron chi connectivity index (χ1n) is 10.5. The van der Waals surface area contributed by atoms with E-state index in [4.69, 9.17) is 0 Å². The summed E-state index contributed by atoms with van der Waals surface area (Å²) in [6, 6.07) is 10.1. The smallest absolute Gasteiger partial charge is 0.233 e. The van der Waals surface area contributed by atoms with Crippen LogP contribution < -0.4 is 10.6 Å². The van der Waals surface area contributed by atoms with Crippen molar-refractivity contribution in [3.8, 4) is 0 Å². The molecule has 0 spiro atoms. The van der Waals surface area contributed by atoms with Crippen LogP contribution in [0.15, 0.2) is 53.7 Å². The summed E-state index contributed by atoms with van der Waals surface area (Å²) in [5.41, 5.74) is 0.941. The van der Waals surface area contributed by atoms with Gasteiger partial charge in [0.2, 0.25) is 11.8 Å². The maximum absolute atomic E-state index is 12.8. The number of benzene rings is 1. The molecule has 2 aromatic rings. The molecular weight excluding hydrogens is 378 g/mol. The molecule has 2 amide bonds. The van der Waals surface area contributed by atoms with E-state index in [0.29, 0.717) is 25.6 Å². The van der Waals surface area contributed by atoms with E-state index in [2.05, 4.69) is 44.9 Å². The molecule has 2 fully saturated rings. The normalized spacial score (nSPS) is 27.2.